The Kier molecular flexibility index (Phi) is 4.56. The Morgan fingerprint density at radius 1 is 1.00 bits per heavy atom. The summed E-state index contributed by atoms with van der Waals surface area (Å²) in [6.45, 7) is 0. The van der Waals surface area contributed by atoms with Crippen LogP contribution in [0.5, 0.6) is 0 Å². The van der Waals surface area contributed by atoms with Gasteiger partial charge in [-0.05, 0) is 48.7 Å². The molecule has 7 heteroatoms. The van der Waals surface area contributed by atoms with Crippen LogP contribution in [0.2, 0.25) is 0 Å². The number of hydrogen-bond donors (Lipinski definition) is 0. The zero-order valence-electron chi connectivity index (χ0n) is 13.0. The number of hydroxylamine groups is 2. The number of halogens is 2. The minimum atomic E-state index is -0.800. The van der Waals surface area contributed by atoms with Crippen molar-refractivity contribution in [1.29, 1.82) is 0 Å². The van der Waals surface area contributed by atoms with Crippen LogP contribution in [-0.4, -0.2) is 22.8 Å². The number of carbonyl (C=O) groups excluding carboxylic acids is 3. The van der Waals surface area contributed by atoms with Gasteiger partial charge in [0.25, 0.3) is 11.8 Å². The van der Waals surface area contributed by atoms with E-state index in [-0.39, 0.29) is 36.0 Å². The Hall–Kier alpha value is -3.09. The second kappa shape index (κ2) is 6.80. The SMILES string of the molecule is O=C(CCCc1cc(F)ccc1F)ON1C(=O)c2ccccc2C1=O. The first-order valence-corrected chi connectivity index (χ1v) is 7.60. The lowest BCUT2D eigenvalue weighted by molar-refractivity contribution is -0.168. The number of hydrogen-bond acceptors (Lipinski definition) is 4. The van der Waals surface area contributed by atoms with Crippen LogP contribution in [0.1, 0.15) is 39.1 Å². The Bertz CT molecular complexity index is 831. The van der Waals surface area contributed by atoms with Crippen LogP contribution < -0.4 is 0 Å². The largest absolute Gasteiger partial charge is 0.333 e. The van der Waals surface area contributed by atoms with E-state index in [2.05, 4.69) is 0 Å². The van der Waals surface area contributed by atoms with Crippen LogP contribution in [0, 0.1) is 11.6 Å². The topological polar surface area (TPSA) is 63.7 Å². The summed E-state index contributed by atoms with van der Waals surface area (Å²) in [7, 11) is 0. The van der Waals surface area contributed by atoms with Gasteiger partial charge in [-0.25, -0.2) is 13.6 Å². The number of fused-ring (bicyclic) bond motifs is 1. The fraction of sp³-hybridized carbons (Fsp3) is 0.167. The van der Waals surface area contributed by atoms with Gasteiger partial charge in [0.1, 0.15) is 11.6 Å². The monoisotopic (exact) mass is 345 g/mol. The number of aryl methyl sites for hydroxylation is 1. The van der Waals surface area contributed by atoms with Crippen molar-refractivity contribution in [3.8, 4) is 0 Å². The molecule has 1 aliphatic rings. The standard InChI is InChI=1S/C18H13F2NO4/c19-12-8-9-15(20)11(10-12)4-3-7-16(22)25-21-17(23)13-5-1-2-6-14(13)18(21)24/h1-2,5-6,8-10H,3-4,7H2. The van der Waals surface area contributed by atoms with Crippen molar-refractivity contribution in [3.63, 3.8) is 0 Å². The first-order valence-electron chi connectivity index (χ1n) is 7.60. The molecule has 0 saturated heterocycles. The van der Waals surface area contributed by atoms with Gasteiger partial charge < -0.3 is 4.84 Å². The summed E-state index contributed by atoms with van der Waals surface area (Å²) < 4.78 is 26.6. The molecular weight excluding hydrogens is 332 g/mol. The van der Waals surface area contributed by atoms with Crippen LogP contribution in [0.15, 0.2) is 42.5 Å². The first kappa shape index (κ1) is 16.8. The molecule has 25 heavy (non-hydrogen) atoms. The third kappa shape index (κ3) is 3.40. The molecule has 128 valence electrons. The summed E-state index contributed by atoms with van der Waals surface area (Å²) in [5.41, 5.74) is 0.484. The van der Waals surface area contributed by atoms with E-state index in [0.29, 0.717) is 5.06 Å². The highest BCUT2D eigenvalue weighted by atomic mass is 19.1. The second-order valence-corrected chi connectivity index (χ2v) is 5.50. The molecule has 0 spiro atoms. The number of rotatable bonds is 5. The van der Waals surface area contributed by atoms with Crippen molar-refractivity contribution in [3.05, 3.63) is 70.8 Å². The third-order valence-corrected chi connectivity index (χ3v) is 3.78. The van der Waals surface area contributed by atoms with Gasteiger partial charge in [0.15, 0.2) is 0 Å². The molecule has 0 aliphatic carbocycles. The van der Waals surface area contributed by atoms with E-state index >= 15 is 0 Å². The van der Waals surface area contributed by atoms with Gasteiger partial charge in [-0.15, -0.1) is 0 Å². The van der Waals surface area contributed by atoms with Gasteiger partial charge in [-0.1, -0.05) is 17.2 Å². The Morgan fingerprint density at radius 2 is 1.64 bits per heavy atom. The Balaban J connectivity index is 1.56. The van der Waals surface area contributed by atoms with Crippen LogP contribution in [-0.2, 0) is 16.1 Å². The molecule has 0 radical (unpaired) electrons. The smallest absolute Gasteiger partial charge is 0.330 e. The average Bonchev–Trinajstić information content (AvgIpc) is 2.83. The number of benzene rings is 2. The third-order valence-electron chi connectivity index (χ3n) is 3.78. The summed E-state index contributed by atoms with van der Waals surface area (Å²) in [6.07, 6.45) is 0.159. The predicted octanol–water partition coefficient (Wildman–Crippen LogP) is 3.04. The van der Waals surface area contributed by atoms with Crippen molar-refractivity contribution in [2.75, 3.05) is 0 Å². The molecule has 3 rings (SSSR count). The van der Waals surface area contributed by atoms with Gasteiger partial charge in [0, 0.05) is 6.42 Å². The maximum absolute atomic E-state index is 13.5. The first-order chi connectivity index (χ1) is 12.0. The molecule has 5 nitrogen and oxygen atoms in total. The molecule has 0 bridgehead atoms. The van der Waals surface area contributed by atoms with E-state index < -0.39 is 29.4 Å². The van der Waals surface area contributed by atoms with Crippen molar-refractivity contribution in [2.45, 2.75) is 19.3 Å². The Morgan fingerprint density at radius 3 is 2.28 bits per heavy atom. The average molecular weight is 345 g/mol. The van der Waals surface area contributed by atoms with Gasteiger partial charge in [-0.3, -0.25) is 9.59 Å². The van der Waals surface area contributed by atoms with Gasteiger partial charge in [0.05, 0.1) is 11.1 Å². The molecule has 0 aromatic heterocycles. The van der Waals surface area contributed by atoms with Crippen molar-refractivity contribution in [2.24, 2.45) is 0 Å². The minimum absolute atomic E-state index is 0.126. The lowest BCUT2D eigenvalue weighted by Gasteiger charge is -2.12. The molecule has 1 heterocycles. The predicted molar refractivity (Wildman–Crippen MR) is 82.3 cm³/mol. The summed E-state index contributed by atoms with van der Waals surface area (Å²) >= 11 is 0. The quantitative estimate of drug-likeness (QED) is 0.782. The van der Waals surface area contributed by atoms with E-state index in [1.165, 1.54) is 12.1 Å². The molecule has 0 N–H and O–H groups in total. The highest BCUT2D eigenvalue weighted by Gasteiger charge is 2.38. The van der Waals surface area contributed by atoms with E-state index in [1.54, 1.807) is 12.1 Å². The van der Waals surface area contributed by atoms with Crippen LogP contribution in [0.25, 0.3) is 0 Å². The molecule has 0 saturated carbocycles. The highest BCUT2D eigenvalue weighted by molar-refractivity contribution is 6.20. The fourth-order valence-corrected chi connectivity index (χ4v) is 2.56. The molecular formula is C18H13F2NO4. The number of imide groups is 1. The maximum atomic E-state index is 13.5. The van der Waals surface area contributed by atoms with E-state index in [4.69, 9.17) is 4.84 Å². The van der Waals surface area contributed by atoms with Crippen LogP contribution in [0.3, 0.4) is 0 Å². The van der Waals surface area contributed by atoms with E-state index in [0.717, 1.165) is 18.2 Å². The van der Waals surface area contributed by atoms with Crippen molar-refractivity contribution in [1.82, 2.24) is 5.06 Å². The summed E-state index contributed by atoms with van der Waals surface area (Å²) in [5.74, 6) is -3.33. The summed E-state index contributed by atoms with van der Waals surface area (Å²) in [6, 6.07) is 9.22. The molecule has 1 aliphatic heterocycles. The van der Waals surface area contributed by atoms with E-state index in [9.17, 15) is 23.2 Å². The molecule has 2 aromatic rings. The van der Waals surface area contributed by atoms with Crippen LogP contribution >= 0.6 is 0 Å². The number of amides is 2. The zero-order valence-corrected chi connectivity index (χ0v) is 13.0. The maximum Gasteiger partial charge on any atom is 0.333 e. The van der Waals surface area contributed by atoms with Crippen molar-refractivity contribution >= 4 is 17.8 Å². The lowest BCUT2D eigenvalue weighted by Crippen LogP contribution is -2.32. The summed E-state index contributed by atoms with van der Waals surface area (Å²) in [4.78, 5) is 40.8. The molecule has 0 unspecified atom stereocenters. The van der Waals surface area contributed by atoms with Gasteiger partial charge >= 0.3 is 5.97 Å². The Labute approximate surface area is 141 Å². The molecule has 0 atom stereocenters. The fourth-order valence-electron chi connectivity index (χ4n) is 2.56. The van der Waals surface area contributed by atoms with Gasteiger partial charge in [0.2, 0.25) is 0 Å². The zero-order chi connectivity index (χ0) is 18.0. The van der Waals surface area contributed by atoms with E-state index in [1.807, 2.05) is 0 Å². The summed E-state index contributed by atoms with van der Waals surface area (Å²) in [5, 5.41) is 0.426. The number of carbonyl (C=O) groups is 3. The van der Waals surface area contributed by atoms with Gasteiger partial charge in [-0.2, -0.15) is 0 Å². The normalized spacial score (nSPS) is 13.1. The molecule has 2 amide bonds. The number of nitrogens with zero attached hydrogens (tertiary/aromatic N) is 1. The molecule has 0 fully saturated rings. The minimum Gasteiger partial charge on any atom is -0.330 e. The lowest BCUT2D eigenvalue weighted by atomic mass is 10.1. The molecule has 2 aromatic carbocycles. The van der Waals surface area contributed by atoms with Crippen molar-refractivity contribution < 1.29 is 28.0 Å². The second-order valence-electron chi connectivity index (χ2n) is 5.50. The highest BCUT2D eigenvalue weighted by Crippen LogP contribution is 2.23. The van der Waals surface area contributed by atoms with Crippen LogP contribution in [0.4, 0.5) is 8.78 Å².